The molecule has 0 aliphatic rings. The van der Waals surface area contributed by atoms with Gasteiger partial charge in [0.1, 0.15) is 5.69 Å². The van der Waals surface area contributed by atoms with Crippen LogP contribution in [0.2, 0.25) is 0 Å². The molecule has 18 heavy (non-hydrogen) atoms. The monoisotopic (exact) mass is 244 g/mol. The molecule has 0 N–H and O–H groups in total. The molecule has 0 fully saturated rings. The highest BCUT2D eigenvalue weighted by molar-refractivity contribution is 5.54. The van der Waals surface area contributed by atoms with Crippen molar-refractivity contribution < 1.29 is 9.47 Å². The lowest BCUT2D eigenvalue weighted by Gasteiger charge is -2.25. The first-order valence-corrected chi connectivity index (χ1v) is 5.69. The Labute approximate surface area is 107 Å². The van der Waals surface area contributed by atoms with Crippen molar-refractivity contribution in [1.29, 1.82) is 0 Å². The average Bonchev–Trinajstić information content (AvgIpc) is 2.47. The summed E-state index contributed by atoms with van der Waals surface area (Å²) in [6.07, 6.45) is 1.71. The summed E-state index contributed by atoms with van der Waals surface area (Å²) in [7, 11) is 3.18. The molecule has 1 aromatic heterocycles. The van der Waals surface area contributed by atoms with Gasteiger partial charge in [0.05, 0.1) is 0 Å². The van der Waals surface area contributed by atoms with Crippen LogP contribution >= 0.6 is 0 Å². The Morgan fingerprint density at radius 1 is 1.00 bits per heavy atom. The molecule has 4 heteroatoms. The minimum Gasteiger partial charge on any atom is -0.348 e. The lowest BCUT2D eigenvalue weighted by molar-refractivity contribution is -0.204. The predicted molar refractivity (Wildman–Crippen MR) is 68.8 cm³/mol. The van der Waals surface area contributed by atoms with E-state index in [0.29, 0.717) is 11.5 Å². The van der Waals surface area contributed by atoms with Crippen molar-refractivity contribution in [3.05, 3.63) is 48.3 Å². The molecule has 0 aliphatic carbocycles. The molecule has 0 saturated carbocycles. The summed E-state index contributed by atoms with van der Waals surface area (Å²) < 4.78 is 10.7. The number of rotatable bonds is 4. The fourth-order valence-electron chi connectivity index (χ4n) is 1.63. The Morgan fingerprint density at radius 3 is 2.28 bits per heavy atom. The average molecular weight is 244 g/mol. The Balaban J connectivity index is 2.43. The Morgan fingerprint density at radius 2 is 1.67 bits per heavy atom. The Hall–Kier alpha value is -1.78. The van der Waals surface area contributed by atoms with Gasteiger partial charge in [-0.15, -0.1) is 0 Å². The van der Waals surface area contributed by atoms with Crippen LogP contribution in [0.15, 0.2) is 42.6 Å². The third-order valence-corrected chi connectivity index (χ3v) is 2.93. The lowest BCUT2D eigenvalue weighted by Crippen LogP contribution is -2.28. The molecule has 0 unspecified atom stereocenters. The quantitative estimate of drug-likeness (QED) is 0.775. The van der Waals surface area contributed by atoms with Crippen LogP contribution in [0.4, 0.5) is 0 Å². The zero-order chi connectivity index (χ0) is 13.0. The van der Waals surface area contributed by atoms with Gasteiger partial charge in [-0.05, 0) is 13.0 Å². The normalized spacial score (nSPS) is 11.5. The molecule has 2 rings (SSSR count). The van der Waals surface area contributed by atoms with E-state index in [4.69, 9.17) is 9.47 Å². The number of methoxy groups -OCH3 is 2. The van der Waals surface area contributed by atoms with Crippen molar-refractivity contribution >= 4 is 0 Å². The highest BCUT2D eigenvalue weighted by Gasteiger charge is 2.27. The first kappa shape index (κ1) is 12.7. The molecule has 0 radical (unpaired) electrons. The maximum atomic E-state index is 5.35. The van der Waals surface area contributed by atoms with E-state index >= 15 is 0 Å². The molecule has 0 atom stereocenters. The summed E-state index contributed by atoms with van der Waals surface area (Å²) in [5.41, 5.74) is 1.66. The zero-order valence-corrected chi connectivity index (χ0v) is 10.8. The van der Waals surface area contributed by atoms with Gasteiger partial charge in [0.25, 0.3) is 0 Å². The van der Waals surface area contributed by atoms with E-state index in [0.717, 1.165) is 5.56 Å². The largest absolute Gasteiger partial charge is 0.348 e. The van der Waals surface area contributed by atoms with Gasteiger partial charge in [-0.2, -0.15) is 0 Å². The van der Waals surface area contributed by atoms with Gasteiger partial charge >= 0.3 is 0 Å². The zero-order valence-electron chi connectivity index (χ0n) is 10.8. The molecular formula is C14H16N2O2. The minimum atomic E-state index is -0.855. The highest BCUT2D eigenvalue weighted by Crippen LogP contribution is 2.24. The van der Waals surface area contributed by atoms with Crippen LogP contribution in [0.3, 0.4) is 0 Å². The van der Waals surface area contributed by atoms with E-state index in [2.05, 4.69) is 9.97 Å². The molecular weight excluding hydrogens is 228 g/mol. The number of nitrogens with zero attached hydrogens (tertiary/aromatic N) is 2. The third-order valence-electron chi connectivity index (χ3n) is 2.93. The van der Waals surface area contributed by atoms with E-state index in [1.807, 2.05) is 37.3 Å². The van der Waals surface area contributed by atoms with Gasteiger partial charge in [-0.25, -0.2) is 9.97 Å². The standard InChI is InChI=1S/C14H16N2O2/c1-14(17-2,18-3)12-9-10-15-13(16-12)11-7-5-4-6-8-11/h4-10H,1-3H3. The summed E-state index contributed by atoms with van der Waals surface area (Å²) in [5, 5.41) is 0. The summed E-state index contributed by atoms with van der Waals surface area (Å²) in [4.78, 5) is 8.77. The highest BCUT2D eigenvalue weighted by atomic mass is 16.7. The second-order valence-electron chi connectivity index (χ2n) is 3.99. The van der Waals surface area contributed by atoms with Gasteiger partial charge in [-0.1, -0.05) is 30.3 Å². The molecule has 4 nitrogen and oxygen atoms in total. The second kappa shape index (κ2) is 5.25. The first-order valence-electron chi connectivity index (χ1n) is 5.69. The van der Waals surface area contributed by atoms with E-state index in [-0.39, 0.29) is 0 Å². The van der Waals surface area contributed by atoms with Crippen molar-refractivity contribution in [2.24, 2.45) is 0 Å². The van der Waals surface area contributed by atoms with Crippen molar-refractivity contribution in [1.82, 2.24) is 9.97 Å². The van der Waals surface area contributed by atoms with E-state index in [9.17, 15) is 0 Å². The predicted octanol–water partition coefficient (Wildman–Crippen LogP) is 2.61. The van der Waals surface area contributed by atoms with Gasteiger partial charge in [-0.3, -0.25) is 0 Å². The maximum Gasteiger partial charge on any atom is 0.208 e. The van der Waals surface area contributed by atoms with Crippen molar-refractivity contribution in [3.8, 4) is 11.4 Å². The summed E-state index contributed by atoms with van der Waals surface area (Å²) >= 11 is 0. The summed E-state index contributed by atoms with van der Waals surface area (Å²) in [6.45, 7) is 1.82. The SMILES string of the molecule is COC(C)(OC)c1ccnc(-c2ccccc2)n1. The molecule has 0 amide bonds. The summed E-state index contributed by atoms with van der Waals surface area (Å²) in [5.74, 6) is -0.194. The fraction of sp³-hybridized carbons (Fsp3) is 0.286. The minimum absolute atomic E-state index is 0.661. The molecule has 1 aromatic carbocycles. The van der Waals surface area contributed by atoms with Crippen LogP contribution in [-0.4, -0.2) is 24.2 Å². The van der Waals surface area contributed by atoms with Crippen LogP contribution in [0.5, 0.6) is 0 Å². The van der Waals surface area contributed by atoms with Crippen LogP contribution in [0.25, 0.3) is 11.4 Å². The molecule has 0 saturated heterocycles. The molecule has 0 bridgehead atoms. The smallest absolute Gasteiger partial charge is 0.208 e. The van der Waals surface area contributed by atoms with Crippen molar-refractivity contribution in [2.75, 3.05) is 14.2 Å². The molecule has 1 heterocycles. The fourth-order valence-corrected chi connectivity index (χ4v) is 1.63. The van der Waals surface area contributed by atoms with Gasteiger partial charge < -0.3 is 9.47 Å². The number of hydrogen-bond acceptors (Lipinski definition) is 4. The second-order valence-corrected chi connectivity index (χ2v) is 3.99. The van der Waals surface area contributed by atoms with Crippen LogP contribution in [-0.2, 0) is 15.3 Å². The van der Waals surface area contributed by atoms with E-state index in [1.54, 1.807) is 26.5 Å². The first-order chi connectivity index (χ1) is 8.69. The molecule has 0 aliphatic heterocycles. The van der Waals surface area contributed by atoms with Crippen LogP contribution in [0, 0.1) is 0 Å². The Kier molecular flexibility index (Phi) is 3.69. The summed E-state index contributed by atoms with van der Waals surface area (Å²) in [6, 6.07) is 11.6. The number of hydrogen-bond donors (Lipinski definition) is 0. The topological polar surface area (TPSA) is 44.2 Å². The van der Waals surface area contributed by atoms with Crippen LogP contribution in [0.1, 0.15) is 12.6 Å². The van der Waals surface area contributed by atoms with Gasteiger partial charge in [0.2, 0.25) is 5.79 Å². The van der Waals surface area contributed by atoms with Crippen molar-refractivity contribution in [3.63, 3.8) is 0 Å². The van der Waals surface area contributed by atoms with E-state index < -0.39 is 5.79 Å². The molecule has 2 aromatic rings. The molecule has 94 valence electrons. The Bertz CT molecular complexity index is 510. The van der Waals surface area contributed by atoms with E-state index in [1.165, 1.54) is 0 Å². The van der Waals surface area contributed by atoms with Gasteiger partial charge in [0.15, 0.2) is 5.82 Å². The molecule has 0 spiro atoms. The third kappa shape index (κ3) is 2.39. The number of aromatic nitrogens is 2. The van der Waals surface area contributed by atoms with Crippen LogP contribution < -0.4 is 0 Å². The number of benzene rings is 1. The van der Waals surface area contributed by atoms with Crippen molar-refractivity contribution in [2.45, 2.75) is 12.7 Å². The lowest BCUT2D eigenvalue weighted by atomic mass is 10.2. The number of ether oxygens (including phenoxy) is 2. The maximum absolute atomic E-state index is 5.35. The van der Waals surface area contributed by atoms with Gasteiger partial charge in [0, 0.05) is 26.0 Å².